The van der Waals surface area contributed by atoms with Crippen LogP contribution in [0, 0.1) is 0 Å². The van der Waals surface area contributed by atoms with Gasteiger partial charge in [-0.05, 0) is 44.5 Å². The molecule has 11 rings (SSSR count). The molecule has 1 saturated carbocycles. The van der Waals surface area contributed by atoms with E-state index in [0.717, 1.165) is 44.5 Å². The molecule has 0 spiro atoms. The standard InChI is InChI=1S/C69H70O11/c1-9-25-51(26-10-1)41-70-50-69(78-48-58-39-23-8-24-40-58)66(75-46-56-35-19-6-20-36-56)63(73-44-54-31-15-4-16-32-54)62(72-43-53-29-13-3-14-30-53)64(67(69)76-47-57-37-21-7-22-38-57)80-60-59-49-77-68(79-59)65(74-45-55-33-17-5-18-34-55)61(60)71-42-52-27-11-2-12-28-52/h1-40,59-68H,41-50H2/t59-,60-,61+,62-,63-,64-,65-,66+,67+,68-,69+/m1/s1. The van der Waals surface area contributed by atoms with Gasteiger partial charge in [0.2, 0.25) is 0 Å². The first-order valence-corrected chi connectivity index (χ1v) is 27.8. The molecule has 412 valence electrons. The maximum atomic E-state index is 7.98. The first kappa shape index (κ1) is 55.2. The van der Waals surface area contributed by atoms with Crippen LogP contribution >= 0.6 is 0 Å². The van der Waals surface area contributed by atoms with E-state index in [0.29, 0.717) is 0 Å². The Kier molecular flexibility index (Phi) is 19.4. The quantitative estimate of drug-likeness (QED) is 0.0492. The molecule has 3 fully saturated rings. The van der Waals surface area contributed by atoms with Gasteiger partial charge in [0.05, 0.1) is 66.1 Å². The van der Waals surface area contributed by atoms with E-state index in [-0.39, 0.29) is 66.1 Å². The molecular formula is C69H70O11. The number of hydrogen-bond donors (Lipinski definition) is 0. The zero-order valence-corrected chi connectivity index (χ0v) is 44.9. The summed E-state index contributed by atoms with van der Waals surface area (Å²) in [5.41, 5.74) is 6.30. The molecule has 2 aliphatic heterocycles. The van der Waals surface area contributed by atoms with Crippen molar-refractivity contribution < 1.29 is 52.1 Å². The highest BCUT2D eigenvalue weighted by molar-refractivity contribution is 5.23. The monoisotopic (exact) mass is 1070 g/mol. The zero-order valence-electron chi connectivity index (χ0n) is 44.9. The van der Waals surface area contributed by atoms with Crippen molar-refractivity contribution in [3.63, 3.8) is 0 Å². The van der Waals surface area contributed by atoms with E-state index in [1.54, 1.807) is 0 Å². The minimum atomic E-state index is -1.49. The summed E-state index contributed by atoms with van der Waals surface area (Å²) in [7, 11) is 0. The van der Waals surface area contributed by atoms with E-state index in [2.05, 4.69) is 84.9 Å². The van der Waals surface area contributed by atoms with Crippen LogP contribution in [0.15, 0.2) is 243 Å². The van der Waals surface area contributed by atoms with E-state index >= 15 is 0 Å². The summed E-state index contributed by atoms with van der Waals surface area (Å²) in [6.07, 6.45) is -8.18. The Morgan fingerprint density at radius 2 is 0.625 bits per heavy atom. The van der Waals surface area contributed by atoms with Crippen molar-refractivity contribution in [2.45, 2.75) is 120 Å². The molecular weight excluding hydrogens is 1000 g/mol. The van der Waals surface area contributed by atoms with Crippen LogP contribution in [0.3, 0.4) is 0 Å². The lowest BCUT2D eigenvalue weighted by Crippen LogP contribution is -2.76. The molecule has 0 amide bonds. The Morgan fingerprint density at radius 3 is 1.02 bits per heavy atom. The third-order valence-electron chi connectivity index (χ3n) is 15.0. The van der Waals surface area contributed by atoms with E-state index < -0.39 is 66.8 Å². The van der Waals surface area contributed by atoms with Crippen LogP contribution in [0.25, 0.3) is 0 Å². The second kappa shape index (κ2) is 28.1. The van der Waals surface area contributed by atoms with Crippen LogP contribution in [-0.4, -0.2) is 80.0 Å². The van der Waals surface area contributed by atoms with Gasteiger partial charge in [0.25, 0.3) is 0 Å². The lowest BCUT2D eigenvalue weighted by molar-refractivity contribution is -0.353. The largest absolute Gasteiger partial charge is 0.374 e. The Labute approximate surface area is 470 Å². The number of ether oxygens (including phenoxy) is 11. The predicted octanol–water partition coefficient (Wildman–Crippen LogP) is 12.2. The van der Waals surface area contributed by atoms with E-state index in [1.807, 2.05) is 158 Å². The van der Waals surface area contributed by atoms with Gasteiger partial charge in [0.15, 0.2) is 6.29 Å². The Balaban J connectivity index is 1.09. The summed E-state index contributed by atoms with van der Waals surface area (Å²) in [5, 5.41) is 0. The smallest absolute Gasteiger partial charge is 0.187 e. The van der Waals surface area contributed by atoms with Crippen LogP contribution in [0.5, 0.6) is 0 Å². The summed E-state index contributed by atoms with van der Waals surface area (Å²) in [6.45, 7) is 2.05. The fourth-order valence-corrected chi connectivity index (χ4v) is 10.9. The molecule has 0 N–H and O–H groups in total. The number of hydrogen-bond acceptors (Lipinski definition) is 11. The topological polar surface area (TPSA) is 102 Å². The molecule has 0 unspecified atom stereocenters. The average Bonchev–Trinajstić information content (AvgIpc) is 4.00. The Morgan fingerprint density at radius 1 is 0.312 bits per heavy atom. The molecule has 1 aliphatic carbocycles. The van der Waals surface area contributed by atoms with Gasteiger partial charge < -0.3 is 52.1 Å². The molecule has 8 aromatic rings. The highest BCUT2D eigenvalue weighted by Gasteiger charge is 2.66. The minimum absolute atomic E-state index is 0.00334. The van der Waals surface area contributed by atoms with Crippen molar-refractivity contribution in [1.29, 1.82) is 0 Å². The summed E-state index contributed by atoms with van der Waals surface area (Å²) in [4.78, 5) is 0. The van der Waals surface area contributed by atoms with Crippen molar-refractivity contribution >= 4 is 0 Å². The third-order valence-corrected chi connectivity index (χ3v) is 15.0. The molecule has 2 heterocycles. The van der Waals surface area contributed by atoms with Crippen molar-refractivity contribution in [3.05, 3.63) is 287 Å². The van der Waals surface area contributed by atoms with Gasteiger partial charge in [0.1, 0.15) is 60.5 Å². The fraction of sp³-hybridized carbons (Fsp3) is 0.304. The zero-order chi connectivity index (χ0) is 54.0. The first-order valence-electron chi connectivity index (χ1n) is 27.8. The van der Waals surface area contributed by atoms with Crippen molar-refractivity contribution in [2.24, 2.45) is 0 Å². The predicted molar refractivity (Wildman–Crippen MR) is 303 cm³/mol. The lowest BCUT2D eigenvalue weighted by Gasteiger charge is -2.57. The number of rotatable bonds is 27. The minimum Gasteiger partial charge on any atom is -0.374 e. The summed E-state index contributed by atoms with van der Waals surface area (Å²) in [6, 6.07) is 81.1. The molecule has 0 aromatic heterocycles. The van der Waals surface area contributed by atoms with Gasteiger partial charge in [-0.25, -0.2) is 0 Å². The van der Waals surface area contributed by atoms with E-state index in [4.69, 9.17) is 52.1 Å². The lowest BCUT2D eigenvalue weighted by atomic mass is 9.73. The highest BCUT2D eigenvalue weighted by Crippen LogP contribution is 2.46. The van der Waals surface area contributed by atoms with Crippen molar-refractivity contribution in [3.8, 4) is 0 Å². The van der Waals surface area contributed by atoms with Gasteiger partial charge in [-0.2, -0.15) is 0 Å². The van der Waals surface area contributed by atoms with Crippen LogP contribution in [0.1, 0.15) is 44.5 Å². The fourth-order valence-electron chi connectivity index (χ4n) is 10.9. The van der Waals surface area contributed by atoms with Crippen LogP contribution in [0.2, 0.25) is 0 Å². The second-order valence-corrected chi connectivity index (χ2v) is 20.6. The van der Waals surface area contributed by atoms with Gasteiger partial charge in [-0.3, -0.25) is 0 Å². The van der Waals surface area contributed by atoms with Crippen molar-refractivity contribution in [2.75, 3.05) is 13.2 Å². The molecule has 8 aromatic carbocycles. The van der Waals surface area contributed by atoms with Gasteiger partial charge in [-0.15, -0.1) is 0 Å². The maximum Gasteiger partial charge on any atom is 0.187 e. The van der Waals surface area contributed by atoms with Crippen molar-refractivity contribution in [1.82, 2.24) is 0 Å². The molecule has 11 heteroatoms. The molecule has 2 bridgehead atoms. The maximum absolute atomic E-state index is 7.98. The summed E-state index contributed by atoms with van der Waals surface area (Å²) >= 11 is 0. The third kappa shape index (κ3) is 14.2. The Bertz CT molecular complexity index is 3000. The first-order chi connectivity index (χ1) is 39.6. The van der Waals surface area contributed by atoms with Crippen LogP contribution in [-0.2, 0) is 105 Å². The summed E-state index contributed by atoms with van der Waals surface area (Å²) < 4.78 is 80.1. The number of benzene rings is 8. The molecule has 80 heavy (non-hydrogen) atoms. The van der Waals surface area contributed by atoms with Crippen LogP contribution < -0.4 is 0 Å². The molecule has 2 saturated heterocycles. The Hall–Kier alpha value is -6.68. The van der Waals surface area contributed by atoms with Gasteiger partial charge in [0, 0.05) is 0 Å². The van der Waals surface area contributed by atoms with E-state index in [9.17, 15) is 0 Å². The van der Waals surface area contributed by atoms with Crippen LogP contribution in [0.4, 0.5) is 0 Å². The van der Waals surface area contributed by atoms with Gasteiger partial charge in [-0.1, -0.05) is 243 Å². The molecule has 11 nitrogen and oxygen atoms in total. The van der Waals surface area contributed by atoms with E-state index in [1.165, 1.54) is 0 Å². The molecule has 0 radical (unpaired) electrons. The van der Waals surface area contributed by atoms with Gasteiger partial charge >= 0.3 is 0 Å². The SMILES string of the molecule is c1ccc(COC[C@]2(OCc3ccccc3)[C@@H](OCc3ccccc3)[C@H](OCc3ccccc3)[C@@H](OCc3ccccc3)[C@@H](O[C@H]3[C@H](OCc4ccccc4)[C@@H](OCc4ccccc4)[C@@H]4OC[C@H]3O4)[C@@H]2OCc2ccccc2)cc1. The molecule has 11 atom stereocenters. The number of fused-ring (bicyclic) bond motifs is 2. The average molecular weight is 1080 g/mol. The highest BCUT2D eigenvalue weighted by atomic mass is 16.8. The molecule has 3 aliphatic rings. The second-order valence-electron chi connectivity index (χ2n) is 20.6. The normalized spacial score (nSPS) is 25.3. The summed E-state index contributed by atoms with van der Waals surface area (Å²) in [5.74, 6) is 0.